The number of halogens is 1. The molecule has 0 aromatic carbocycles. The first-order chi connectivity index (χ1) is 5.40. The van der Waals surface area contributed by atoms with Gasteiger partial charge in [-0.25, -0.2) is 0 Å². The first-order valence-corrected chi connectivity index (χ1v) is 4.36. The van der Waals surface area contributed by atoms with Crippen LogP contribution in [0.1, 0.15) is 13.8 Å². The van der Waals surface area contributed by atoms with E-state index in [1.807, 2.05) is 0 Å². The van der Waals surface area contributed by atoms with Crippen LogP contribution in [0.2, 0.25) is 0 Å². The van der Waals surface area contributed by atoms with Gasteiger partial charge in [0.1, 0.15) is 5.54 Å². The maximum atomic E-state index is 11.1. The standard InChI is InChI=1S/C8H14BrNO2/c1-6(9)5-10-8(2,3)7(11)12-4/h10H,1,5H2,2-4H3. The summed E-state index contributed by atoms with van der Waals surface area (Å²) in [5.41, 5.74) is -0.661. The van der Waals surface area contributed by atoms with Crippen molar-refractivity contribution in [2.45, 2.75) is 19.4 Å². The van der Waals surface area contributed by atoms with E-state index in [4.69, 9.17) is 0 Å². The average Bonchev–Trinajstić information content (AvgIpc) is 1.99. The summed E-state index contributed by atoms with van der Waals surface area (Å²) in [6.07, 6.45) is 0. The molecule has 0 aliphatic rings. The van der Waals surface area contributed by atoms with Gasteiger partial charge >= 0.3 is 5.97 Å². The normalized spacial score (nSPS) is 11.0. The Bertz CT molecular complexity index is 189. The molecule has 4 heteroatoms. The zero-order valence-electron chi connectivity index (χ0n) is 7.61. The van der Waals surface area contributed by atoms with Crippen molar-refractivity contribution in [3.63, 3.8) is 0 Å². The van der Waals surface area contributed by atoms with E-state index < -0.39 is 5.54 Å². The SMILES string of the molecule is C=C(Br)CNC(C)(C)C(=O)OC. The van der Waals surface area contributed by atoms with Gasteiger partial charge in [-0.1, -0.05) is 22.5 Å². The van der Waals surface area contributed by atoms with Gasteiger partial charge in [-0.05, 0) is 13.8 Å². The van der Waals surface area contributed by atoms with Crippen molar-refractivity contribution in [2.24, 2.45) is 0 Å². The van der Waals surface area contributed by atoms with Crippen LogP contribution >= 0.6 is 15.9 Å². The summed E-state index contributed by atoms with van der Waals surface area (Å²) in [6.45, 7) is 7.71. The minimum absolute atomic E-state index is 0.281. The first-order valence-electron chi connectivity index (χ1n) is 3.57. The lowest BCUT2D eigenvalue weighted by molar-refractivity contribution is -0.147. The van der Waals surface area contributed by atoms with E-state index in [1.165, 1.54) is 7.11 Å². The van der Waals surface area contributed by atoms with Crippen molar-refractivity contribution in [3.8, 4) is 0 Å². The lowest BCUT2D eigenvalue weighted by Gasteiger charge is -2.22. The fourth-order valence-electron chi connectivity index (χ4n) is 0.644. The van der Waals surface area contributed by atoms with Crippen molar-refractivity contribution in [2.75, 3.05) is 13.7 Å². The van der Waals surface area contributed by atoms with E-state index in [2.05, 4.69) is 32.6 Å². The highest BCUT2D eigenvalue weighted by Gasteiger charge is 2.27. The second-order valence-electron chi connectivity index (χ2n) is 2.99. The smallest absolute Gasteiger partial charge is 0.325 e. The van der Waals surface area contributed by atoms with Crippen LogP contribution in [0.25, 0.3) is 0 Å². The maximum Gasteiger partial charge on any atom is 0.325 e. The number of rotatable bonds is 4. The molecule has 12 heavy (non-hydrogen) atoms. The molecule has 3 nitrogen and oxygen atoms in total. The van der Waals surface area contributed by atoms with Crippen LogP contribution in [0.3, 0.4) is 0 Å². The zero-order valence-corrected chi connectivity index (χ0v) is 9.19. The molecular weight excluding hydrogens is 222 g/mol. The Labute approximate surface area is 81.3 Å². The molecular formula is C8H14BrNO2. The van der Waals surface area contributed by atoms with Crippen LogP contribution in [0.4, 0.5) is 0 Å². The molecule has 0 unspecified atom stereocenters. The third-order valence-electron chi connectivity index (χ3n) is 1.42. The Balaban J connectivity index is 4.03. The number of nitrogens with one attached hydrogen (secondary N) is 1. The molecule has 0 radical (unpaired) electrons. The van der Waals surface area contributed by atoms with E-state index in [1.54, 1.807) is 13.8 Å². The molecule has 0 aliphatic heterocycles. The summed E-state index contributed by atoms with van der Waals surface area (Å²) >= 11 is 3.19. The molecule has 1 N–H and O–H groups in total. The number of esters is 1. The van der Waals surface area contributed by atoms with Crippen LogP contribution in [-0.4, -0.2) is 25.2 Å². The van der Waals surface area contributed by atoms with E-state index in [0.717, 1.165) is 4.48 Å². The molecule has 0 amide bonds. The maximum absolute atomic E-state index is 11.1. The second kappa shape index (κ2) is 4.62. The van der Waals surface area contributed by atoms with Gasteiger partial charge in [0.15, 0.2) is 0 Å². The summed E-state index contributed by atoms with van der Waals surface area (Å²) in [7, 11) is 1.37. The van der Waals surface area contributed by atoms with Crippen molar-refractivity contribution < 1.29 is 9.53 Å². The molecule has 0 fully saturated rings. The third kappa shape index (κ3) is 3.88. The van der Waals surface area contributed by atoms with E-state index in [0.29, 0.717) is 6.54 Å². The number of hydrogen-bond donors (Lipinski definition) is 1. The Morgan fingerprint density at radius 1 is 1.67 bits per heavy atom. The summed E-state index contributed by atoms with van der Waals surface area (Å²) in [6, 6.07) is 0. The first kappa shape index (κ1) is 11.6. The number of hydrogen-bond acceptors (Lipinski definition) is 3. The zero-order chi connectivity index (χ0) is 9.78. The van der Waals surface area contributed by atoms with Gasteiger partial charge in [0.2, 0.25) is 0 Å². The molecule has 0 bridgehead atoms. The molecule has 0 heterocycles. The minimum atomic E-state index is -0.661. The van der Waals surface area contributed by atoms with Crippen LogP contribution < -0.4 is 5.32 Å². The van der Waals surface area contributed by atoms with Crippen LogP contribution in [0.5, 0.6) is 0 Å². The Morgan fingerprint density at radius 3 is 2.50 bits per heavy atom. The third-order valence-corrected chi connectivity index (χ3v) is 1.70. The molecule has 0 aromatic heterocycles. The lowest BCUT2D eigenvalue weighted by Crippen LogP contribution is -2.47. The fraction of sp³-hybridized carbons (Fsp3) is 0.625. The van der Waals surface area contributed by atoms with E-state index in [-0.39, 0.29) is 5.97 Å². The monoisotopic (exact) mass is 235 g/mol. The van der Waals surface area contributed by atoms with Crippen molar-refractivity contribution in [1.82, 2.24) is 5.32 Å². The molecule has 0 saturated heterocycles. The summed E-state index contributed by atoms with van der Waals surface area (Å²) < 4.78 is 5.41. The summed E-state index contributed by atoms with van der Waals surface area (Å²) in [5, 5.41) is 2.99. The molecule has 70 valence electrons. The molecule has 0 spiro atoms. The van der Waals surface area contributed by atoms with Gasteiger partial charge in [-0.3, -0.25) is 10.1 Å². The molecule has 0 rings (SSSR count). The molecule has 0 atom stereocenters. The van der Waals surface area contributed by atoms with E-state index >= 15 is 0 Å². The fourth-order valence-corrected chi connectivity index (χ4v) is 0.784. The Hall–Kier alpha value is -0.350. The lowest BCUT2D eigenvalue weighted by atomic mass is 10.1. The van der Waals surface area contributed by atoms with Crippen LogP contribution in [0.15, 0.2) is 11.1 Å². The largest absolute Gasteiger partial charge is 0.468 e. The van der Waals surface area contributed by atoms with Gasteiger partial charge in [0.05, 0.1) is 7.11 Å². The quantitative estimate of drug-likeness (QED) is 0.750. The summed E-state index contributed by atoms with van der Waals surface area (Å²) in [5.74, 6) is -0.281. The molecule has 0 aliphatic carbocycles. The van der Waals surface area contributed by atoms with Gasteiger partial charge < -0.3 is 4.74 Å². The average molecular weight is 236 g/mol. The number of carbonyl (C=O) groups is 1. The second-order valence-corrected chi connectivity index (χ2v) is 4.11. The molecule has 0 saturated carbocycles. The predicted molar refractivity (Wildman–Crippen MR) is 52.2 cm³/mol. The van der Waals surface area contributed by atoms with Crippen molar-refractivity contribution in [3.05, 3.63) is 11.1 Å². The van der Waals surface area contributed by atoms with Crippen LogP contribution in [-0.2, 0) is 9.53 Å². The minimum Gasteiger partial charge on any atom is -0.468 e. The Morgan fingerprint density at radius 2 is 2.17 bits per heavy atom. The van der Waals surface area contributed by atoms with Crippen LogP contribution in [0, 0.1) is 0 Å². The summed E-state index contributed by atoms with van der Waals surface area (Å²) in [4.78, 5) is 11.1. The van der Waals surface area contributed by atoms with Crippen molar-refractivity contribution in [1.29, 1.82) is 0 Å². The number of ether oxygens (including phenoxy) is 1. The van der Waals surface area contributed by atoms with Crippen molar-refractivity contribution >= 4 is 21.9 Å². The van der Waals surface area contributed by atoms with Gasteiger partial charge in [-0.2, -0.15) is 0 Å². The van der Waals surface area contributed by atoms with E-state index in [9.17, 15) is 4.79 Å². The Kier molecular flexibility index (Phi) is 4.49. The van der Waals surface area contributed by atoms with Gasteiger partial charge in [-0.15, -0.1) is 0 Å². The topological polar surface area (TPSA) is 38.3 Å². The predicted octanol–water partition coefficient (Wildman–Crippen LogP) is 1.44. The van der Waals surface area contributed by atoms with Gasteiger partial charge in [0.25, 0.3) is 0 Å². The molecule has 0 aromatic rings. The highest BCUT2D eigenvalue weighted by Crippen LogP contribution is 2.06. The van der Waals surface area contributed by atoms with Gasteiger partial charge in [0, 0.05) is 11.0 Å². The number of carbonyl (C=O) groups excluding carboxylic acids is 1. The highest BCUT2D eigenvalue weighted by atomic mass is 79.9. The highest BCUT2D eigenvalue weighted by molar-refractivity contribution is 9.11. The number of methoxy groups -OCH3 is 1.